The van der Waals surface area contributed by atoms with Gasteiger partial charge in [0.15, 0.2) is 0 Å². The molecule has 0 spiro atoms. The van der Waals surface area contributed by atoms with E-state index in [1.54, 1.807) is 29.5 Å². The molecule has 1 N–H and O–H groups in total. The molecular weight excluding hydrogens is 316 g/mol. The van der Waals surface area contributed by atoms with Crippen LogP contribution in [0.3, 0.4) is 0 Å². The molecule has 0 aromatic rings. The Morgan fingerprint density at radius 1 is 1.67 bits per heavy atom. The van der Waals surface area contributed by atoms with Gasteiger partial charge >= 0.3 is 0 Å². The van der Waals surface area contributed by atoms with Gasteiger partial charge in [0, 0.05) is 17.6 Å². The lowest BCUT2D eigenvalue weighted by atomic mass is 10.4. The van der Waals surface area contributed by atoms with Crippen LogP contribution in [0, 0.1) is 0 Å². The van der Waals surface area contributed by atoms with E-state index < -0.39 is 17.8 Å². The Kier molecular flexibility index (Phi) is 4.25. The van der Waals surface area contributed by atoms with Crippen molar-refractivity contribution in [3.8, 4) is 0 Å². The summed E-state index contributed by atoms with van der Waals surface area (Å²) in [5.74, 6) is -0.421. The second-order valence-electron chi connectivity index (χ2n) is 2.20. The molecule has 0 saturated heterocycles. The SMILES string of the molecule is CCC(I)(NC(C)=O)S(=O)(=O)Cl. The molecule has 0 heterocycles. The Morgan fingerprint density at radius 2 is 2.08 bits per heavy atom. The zero-order chi connectivity index (χ0) is 9.99. The van der Waals surface area contributed by atoms with E-state index in [2.05, 4.69) is 5.32 Å². The highest BCUT2D eigenvalue weighted by Crippen LogP contribution is 2.29. The average Bonchev–Trinajstić information content (AvgIpc) is 1.83. The predicted octanol–water partition coefficient (Wildman–Crippen LogP) is 1.19. The molecule has 12 heavy (non-hydrogen) atoms. The number of halogens is 2. The molecule has 0 saturated carbocycles. The summed E-state index contributed by atoms with van der Waals surface area (Å²) in [4.78, 5) is 10.6. The van der Waals surface area contributed by atoms with Crippen LogP contribution >= 0.6 is 33.3 Å². The Labute approximate surface area is 89.6 Å². The zero-order valence-corrected chi connectivity index (χ0v) is 10.3. The second kappa shape index (κ2) is 4.10. The van der Waals surface area contributed by atoms with Crippen LogP contribution in [0.25, 0.3) is 0 Å². The smallest absolute Gasteiger partial charge is 0.266 e. The van der Waals surface area contributed by atoms with E-state index in [1.165, 1.54) is 6.92 Å². The van der Waals surface area contributed by atoms with Crippen molar-refractivity contribution in [3.05, 3.63) is 0 Å². The third-order valence-corrected chi connectivity index (χ3v) is 6.71. The number of carbonyl (C=O) groups excluding carboxylic acids is 1. The monoisotopic (exact) mass is 325 g/mol. The fourth-order valence-corrected chi connectivity index (χ4v) is 2.02. The molecule has 4 nitrogen and oxygen atoms in total. The number of rotatable bonds is 3. The summed E-state index contributed by atoms with van der Waals surface area (Å²) in [7, 11) is 1.35. The molecule has 72 valence electrons. The maximum Gasteiger partial charge on any atom is 0.266 e. The normalized spacial score (nSPS) is 16.7. The molecule has 0 aliphatic carbocycles. The van der Waals surface area contributed by atoms with E-state index in [4.69, 9.17) is 10.7 Å². The lowest BCUT2D eigenvalue weighted by Gasteiger charge is -2.22. The minimum Gasteiger partial charge on any atom is -0.328 e. The standard InChI is InChI=1S/C5H9ClINO3S/c1-3-5(7,8-4(2)9)12(6,10)11/h3H2,1-2H3,(H,8,9). The molecule has 1 amide bonds. The Morgan fingerprint density at radius 3 is 2.17 bits per heavy atom. The van der Waals surface area contributed by atoms with Gasteiger partial charge in [-0.3, -0.25) is 4.79 Å². The van der Waals surface area contributed by atoms with Gasteiger partial charge in [-0.1, -0.05) is 6.92 Å². The molecule has 0 bridgehead atoms. The third-order valence-electron chi connectivity index (χ3n) is 1.20. The van der Waals surface area contributed by atoms with E-state index in [-0.39, 0.29) is 6.42 Å². The minimum absolute atomic E-state index is 0.221. The maximum absolute atomic E-state index is 11.0. The lowest BCUT2D eigenvalue weighted by Crippen LogP contribution is -2.45. The predicted molar refractivity (Wildman–Crippen MR) is 55.6 cm³/mol. The highest BCUT2D eigenvalue weighted by molar-refractivity contribution is 14.1. The largest absolute Gasteiger partial charge is 0.328 e. The van der Waals surface area contributed by atoms with Gasteiger partial charge in [-0.15, -0.1) is 0 Å². The molecule has 7 heteroatoms. The molecule has 0 aliphatic rings. The quantitative estimate of drug-likeness (QED) is 0.367. The van der Waals surface area contributed by atoms with Gasteiger partial charge in [0.1, 0.15) is 0 Å². The van der Waals surface area contributed by atoms with Crippen LogP contribution in [0.15, 0.2) is 0 Å². The Bertz CT molecular complexity index is 278. The van der Waals surface area contributed by atoms with E-state index in [9.17, 15) is 13.2 Å². The Balaban J connectivity index is 4.82. The number of amides is 1. The Hall–Kier alpha value is 0.440. The van der Waals surface area contributed by atoms with Gasteiger partial charge in [0.2, 0.25) is 8.78 Å². The van der Waals surface area contributed by atoms with Crippen LogP contribution in [0.2, 0.25) is 0 Å². The van der Waals surface area contributed by atoms with E-state index in [0.717, 1.165) is 0 Å². The number of hydrogen-bond acceptors (Lipinski definition) is 3. The van der Waals surface area contributed by atoms with Crippen molar-refractivity contribution >= 4 is 48.2 Å². The first kappa shape index (κ1) is 12.4. The molecule has 0 aromatic heterocycles. The van der Waals surface area contributed by atoms with Crippen LogP contribution in [-0.4, -0.2) is 17.2 Å². The average molecular weight is 326 g/mol. The van der Waals surface area contributed by atoms with E-state index in [0.29, 0.717) is 0 Å². The van der Waals surface area contributed by atoms with Crippen molar-refractivity contribution in [3.63, 3.8) is 0 Å². The zero-order valence-electron chi connectivity index (χ0n) is 6.60. The summed E-state index contributed by atoms with van der Waals surface area (Å²) < 4.78 is 20.5. The highest BCUT2D eigenvalue weighted by Gasteiger charge is 2.38. The molecule has 1 unspecified atom stereocenters. The van der Waals surface area contributed by atoms with Crippen LogP contribution in [0.1, 0.15) is 20.3 Å². The number of nitrogens with one attached hydrogen (secondary N) is 1. The fourth-order valence-electron chi connectivity index (χ4n) is 0.585. The lowest BCUT2D eigenvalue weighted by molar-refractivity contribution is -0.119. The van der Waals surface area contributed by atoms with Gasteiger partial charge in [-0.2, -0.15) is 0 Å². The minimum atomic E-state index is -3.78. The van der Waals surface area contributed by atoms with Gasteiger partial charge in [0.05, 0.1) is 0 Å². The summed E-state index contributed by atoms with van der Waals surface area (Å²) in [6, 6.07) is 0. The van der Waals surface area contributed by atoms with Crippen LogP contribution in [0.4, 0.5) is 0 Å². The number of alkyl halides is 1. The van der Waals surface area contributed by atoms with Gasteiger partial charge < -0.3 is 5.32 Å². The topological polar surface area (TPSA) is 63.2 Å². The van der Waals surface area contributed by atoms with Crippen molar-refractivity contribution in [2.24, 2.45) is 0 Å². The van der Waals surface area contributed by atoms with Crippen molar-refractivity contribution < 1.29 is 13.2 Å². The molecule has 0 aromatic carbocycles. The van der Waals surface area contributed by atoms with Crippen molar-refractivity contribution in [1.29, 1.82) is 0 Å². The molecule has 0 aliphatic heterocycles. The van der Waals surface area contributed by atoms with Crippen LogP contribution < -0.4 is 5.32 Å². The molecule has 1 atom stereocenters. The van der Waals surface area contributed by atoms with Crippen LogP contribution in [-0.2, 0) is 13.8 Å². The molecule has 0 rings (SSSR count). The van der Waals surface area contributed by atoms with E-state index in [1.807, 2.05) is 0 Å². The molecular formula is C5H9ClINO3S. The van der Waals surface area contributed by atoms with E-state index >= 15 is 0 Å². The summed E-state index contributed by atoms with van der Waals surface area (Å²) in [6.45, 7) is 2.87. The van der Waals surface area contributed by atoms with Gasteiger partial charge in [-0.05, 0) is 29.0 Å². The van der Waals surface area contributed by atoms with Gasteiger partial charge in [-0.25, -0.2) is 8.42 Å². The summed E-state index contributed by atoms with van der Waals surface area (Å²) in [5, 5.41) is 2.27. The van der Waals surface area contributed by atoms with Crippen LogP contribution in [0.5, 0.6) is 0 Å². The fraction of sp³-hybridized carbons (Fsp3) is 0.800. The highest BCUT2D eigenvalue weighted by atomic mass is 127. The number of carbonyl (C=O) groups is 1. The first-order valence-corrected chi connectivity index (χ1v) is 6.53. The first-order chi connectivity index (χ1) is 5.23. The molecule has 0 fully saturated rings. The summed E-state index contributed by atoms with van der Waals surface area (Å²) in [5.41, 5.74) is 0. The number of hydrogen-bond donors (Lipinski definition) is 1. The molecule has 0 radical (unpaired) electrons. The first-order valence-electron chi connectivity index (χ1n) is 3.15. The van der Waals surface area contributed by atoms with Crippen molar-refractivity contribution in [2.45, 2.75) is 23.1 Å². The summed E-state index contributed by atoms with van der Waals surface area (Å²) >= 11 is 1.61. The maximum atomic E-state index is 11.0. The second-order valence-corrected chi connectivity index (χ2v) is 7.57. The van der Waals surface area contributed by atoms with Gasteiger partial charge in [0.25, 0.3) is 9.05 Å². The summed E-state index contributed by atoms with van der Waals surface area (Å²) in [6.07, 6.45) is 0.221. The van der Waals surface area contributed by atoms with Crippen molar-refractivity contribution in [1.82, 2.24) is 5.32 Å². The third kappa shape index (κ3) is 3.06. The van der Waals surface area contributed by atoms with Crippen molar-refractivity contribution in [2.75, 3.05) is 0 Å².